The van der Waals surface area contributed by atoms with E-state index in [-0.39, 0.29) is 0 Å². The fraction of sp³-hybridized carbons (Fsp3) is 0.750. The van der Waals surface area contributed by atoms with Crippen LogP contribution in [-0.2, 0) is 9.53 Å². The van der Waals surface area contributed by atoms with Crippen LogP contribution in [0.4, 0.5) is 39.5 Å². The lowest BCUT2D eigenvalue weighted by molar-refractivity contribution is -0.412. The number of halogens is 9. The second kappa shape index (κ2) is 5.37. The molecule has 0 rings (SSSR count). The molecular formula is C8H4F9NO2. The number of ether oxygens (including phenoxy) is 1. The zero-order valence-electron chi connectivity index (χ0n) is 9.08. The Morgan fingerprint density at radius 2 is 1.25 bits per heavy atom. The third-order valence-electron chi connectivity index (χ3n) is 2.03. The fourth-order valence-electron chi connectivity index (χ4n) is 1.13. The summed E-state index contributed by atoms with van der Waals surface area (Å²) >= 11 is 0. The highest BCUT2D eigenvalue weighted by atomic mass is 19.4. The summed E-state index contributed by atoms with van der Waals surface area (Å²) in [5.41, 5.74) is -6.65. The molecule has 0 unspecified atom stereocenters. The zero-order valence-corrected chi connectivity index (χ0v) is 9.08. The molecule has 0 fully saturated rings. The van der Waals surface area contributed by atoms with Gasteiger partial charge >= 0.3 is 29.9 Å². The summed E-state index contributed by atoms with van der Waals surface area (Å²) in [5.74, 6) is -3.57. The molecule has 116 valence electrons. The maximum absolute atomic E-state index is 12.3. The van der Waals surface area contributed by atoms with Crippen LogP contribution in [0.5, 0.6) is 0 Å². The molecule has 0 heterocycles. The number of carbonyl (C=O) groups is 1. The number of nitrogens with zero attached hydrogens (tertiary/aromatic N) is 1. The highest BCUT2D eigenvalue weighted by molar-refractivity contribution is 5.80. The van der Waals surface area contributed by atoms with Gasteiger partial charge in [-0.2, -0.15) is 44.8 Å². The first-order chi connectivity index (χ1) is 8.73. The van der Waals surface area contributed by atoms with E-state index in [1.54, 1.807) is 0 Å². The monoisotopic (exact) mass is 317 g/mol. The molecule has 0 spiro atoms. The van der Waals surface area contributed by atoms with Gasteiger partial charge in [-0.3, -0.25) is 4.79 Å². The van der Waals surface area contributed by atoms with E-state index in [4.69, 9.17) is 5.26 Å². The summed E-state index contributed by atoms with van der Waals surface area (Å²) in [6, 6.07) is 1.17. The first kappa shape index (κ1) is 18.3. The molecular weight excluding hydrogens is 313 g/mol. The zero-order chi connectivity index (χ0) is 16.4. The average molecular weight is 317 g/mol. The summed E-state index contributed by atoms with van der Waals surface area (Å²) in [4.78, 5) is 10.8. The number of carbonyl (C=O) groups excluding carboxylic acids is 1. The maximum atomic E-state index is 12.3. The van der Waals surface area contributed by atoms with Crippen LogP contribution < -0.4 is 0 Å². The molecule has 0 atom stereocenters. The van der Waals surface area contributed by atoms with Crippen molar-refractivity contribution in [3.8, 4) is 6.07 Å². The number of rotatable bonds is 3. The van der Waals surface area contributed by atoms with E-state index in [1.807, 2.05) is 0 Å². The van der Waals surface area contributed by atoms with Gasteiger partial charge in [-0.15, -0.1) is 0 Å². The molecule has 0 aromatic heterocycles. The van der Waals surface area contributed by atoms with Gasteiger partial charge in [-0.05, 0) is 0 Å². The Balaban J connectivity index is 5.94. The van der Waals surface area contributed by atoms with Gasteiger partial charge < -0.3 is 4.74 Å². The largest absolute Gasteiger partial charge is 0.463 e. The van der Waals surface area contributed by atoms with Gasteiger partial charge in [0.2, 0.25) is 0 Å². The van der Waals surface area contributed by atoms with Crippen molar-refractivity contribution in [3.05, 3.63) is 0 Å². The van der Waals surface area contributed by atoms with Gasteiger partial charge in [-0.1, -0.05) is 0 Å². The minimum absolute atomic E-state index is 0.866. The van der Waals surface area contributed by atoms with Crippen molar-refractivity contribution in [1.29, 1.82) is 5.26 Å². The normalized spacial score (nSPS) is 13.8. The summed E-state index contributed by atoms with van der Waals surface area (Å²) in [6.45, 7) is -1.33. The molecule has 0 saturated carbocycles. The lowest BCUT2D eigenvalue weighted by Crippen LogP contribution is -2.64. The molecule has 3 nitrogen and oxygen atoms in total. The van der Waals surface area contributed by atoms with Crippen LogP contribution in [0.1, 0.15) is 6.42 Å². The van der Waals surface area contributed by atoms with E-state index < -0.39 is 42.9 Å². The van der Waals surface area contributed by atoms with E-state index in [0.29, 0.717) is 0 Å². The molecule has 0 aromatic carbocycles. The minimum atomic E-state index is -7.01. The molecule has 0 amide bonds. The second-order valence-corrected chi connectivity index (χ2v) is 3.29. The maximum Gasteiger partial charge on any atom is 0.422 e. The number of alkyl halides is 9. The molecule has 0 N–H and O–H groups in total. The van der Waals surface area contributed by atoms with Crippen LogP contribution in [0, 0.1) is 16.7 Å². The Hall–Kier alpha value is -1.67. The van der Waals surface area contributed by atoms with Crippen molar-refractivity contribution in [2.24, 2.45) is 5.41 Å². The summed E-state index contributed by atoms with van der Waals surface area (Å²) in [5, 5.41) is 7.95. The summed E-state index contributed by atoms with van der Waals surface area (Å²) in [7, 11) is 0. The number of hydrogen-bond donors (Lipinski definition) is 0. The smallest absolute Gasteiger partial charge is 0.422 e. The predicted molar refractivity (Wildman–Crippen MR) is 41.8 cm³/mol. The van der Waals surface area contributed by atoms with E-state index in [0.717, 1.165) is 0 Å². The van der Waals surface area contributed by atoms with Crippen LogP contribution in [0.3, 0.4) is 0 Å². The van der Waals surface area contributed by atoms with Crippen LogP contribution in [0.25, 0.3) is 0 Å². The quantitative estimate of drug-likeness (QED) is 0.456. The predicted octanol–water partition coefficient (Wildman–Crippen LogP) is 3.12. The molecule has 0 aliphatic rings. The van der Waals surface area contributed by atoms with Crippen LogP contribution >= 0.6 is 0 Å². The molecule has 0 bridgehead atoms. The third kappa shape index (κ3) is 2.91. The Kier molecular flexibility index (Phi) is 4.92. The van der Waals surface area contributed by atoms with Gasteiger partial charge in [0.05, 0.1) is 12.5 Å². The lowest BCUT2D eigenvalue weighted by Gasteiger charge is -2.35. The number of nitriles is 1. The van der Waals surface area contributed by atoms with Gasteiger partial charge in [-0.25, -0.2) is 0 Å². The Morgan fingerprint density at radius 1 is 0.900 bits per heavy atom. The molecule has 0 aliphatic heterocycles. The van der Waals surface area contributed by atoms with E-state index in [9.17, 15) is 44.3 Å². The van der Waals surface area contributed by atoms with E-state index >= 15 is 0 Å². The fourth-order valence-corrected chi connectivity index (χ4v) is 1.13. The molecule has 20 heavy (non-hydrogen) atoms. The molecule has 0 radical (unpaired) electrons. The van der Waals surface area contributed by atoms with Gasteiger partial charge in [0.25, 0.3) is 0 Å². The van der Waals surface area contributed by atoms with E-state index in [2.05, 4.69) is 4.74 Å². The van der Waals surface area contributed by atoms with Crippen LogP contribution in [-0.4, -0.2) is 31.1 Å². The Morgan fingerprint density at radius 3 is 1.50 bits per heavy atom. The molecule has 0 aromatic rings. The average Bonchev–Trinajstić information content (AvgIpc) is 2.10. The van der Waals surface area contributed by atoms with Gasteiger partial charge in [0, 0.05) is 0 Å². The highest BCUT2D eigenvalue weighted by Crippen LogP contribution is 2.59. The molecule has 0 saturated heterocycles. The Labute approximate surface area is 104 Å². The van der Waals surface area contributed by atoms with Crippen LogP contribution in [0.15, 0.2) is 0 Å². The SMILES string of the molecule is N#CCCOC(=O)C(C(F)(F)F)(C(F)(F)F)C(F)(F)F. The van der Waals surface area contributed by atoms with Crippen LogP contribution in [0.2, 0.25) is 0 Å². The Bertz CT molecular complexity index is 364. The lowest BCUT2D eigenvalue weighted by atomic mass is 9.85. The number of hydrogen-bond acceptors (Lipinski definition) is 3. The second-order valence-electron chi connectivity index (χ2n) is 3.29. The minimum Gasteiger partial charge on any atom is -0.463 e. The summed E-state index contributed by atoms with van der Waals surface area (Å²) < 4.78 is 114. The third-order valence-corrected chi connectivity index (χ3v) is 2.03. The first-order valence-corrected chi connectivity index (χ1v) is 4.47. The van der Waals surface area contributed by atoms with Crippen molar-refractivity contribution in [2.75, 3.05) is 6.61 Å². The molecule has 12 heteroatoms. The standard InChI is InChI=1S/C8H4F9NO2/c9-6(10,11)5(7(12,13)14,8(15,16)17)4(19)20-3-1-2-18/h1,3H2. The van der Waals surface area contributed by atoms with Crippen molar-refractivity contribution >= 4 is 5.97 Å². The van der Waals surface area contributed by atoms with E-state index in [1.165, 1.54) is 6.07 Å². The first-order valence-electron chi connectivity index (χ1n) is 4.47. The van der Waals surface area contributed by atoms with Crippen molar-refractivity contribution < 1.29 is 49.0 Å². The number of esters is 1. The van der Waals surface area contributed by atoms with Gasteiger partial charge in [0.1, 0.15) is 6.61 Å². The van der Waals surface area contributed by atoms with Crippen molar-refractivity contribution in [1.82, 2.24) is 0 Å². The van der Waals surface area contributed by atoms with Crippen molar-refractivity contribution in [2.45, 2.75) is 24.9 Å². The molecule has 0 aliphatic carbocycles. The van der Waals surface area contributed by atoms with Gasteiger partial charge in [0.15, 0.2) is 0 Å². The highest BCUT2D eigenvalue weighted by Gasteiger charge is 2.89. The topological polar surface area (TPSA) is 50.1 Å². The van der Waals surface area contributed by atoms with Crippen molar-refractivity contribution in [3.63, 3.8) is 0 Å². The summed E-state index contributed by atoms with van der Waals surface area (Å²) in [6.07, 6.45) is -21.9.